The van der Waals surface area contributed by atoms with E-state index in [1.807, 2.05) is 21.7 Å². The van der Waals surface area contributed by atoms with Crippen LogP contribution >= 0.6 is 0 Å². The second-order valence-corrected chi connectivity index (χ2v) is 4.97. The molecular formula is C15H18N4O. The Kier molecular flexibility index (Phi) is 3.67. The number of imidazole rings is 1. The van der Waals surface area contributed by atoms with E-state index < -0.39 is 0 Å². The Morgan fingerprint density at radius 2 is 2.15 bits per heavy atom. The molecule has 2 aromatic rings. The monoisotopic (exact) mass is 270 g/mol. The molecule has 1 aliphatic rings. The number of urea groups is 1. The molecule has 0 bridgehead atoms. The van der Waals surface area contributed by atoms with Crippen LogP contribution in [0.2, 0.25) is 0 Å². The standard InChI is InChI=1S/C15H18N4O/c20-15(17-7-10-18-9-6-16-12-18)19-8-5-13-3-1-2-4-14(13)11-19/h1-4,6,9,12H,5,7-8,10-11H2,(H,17,20). The van der Waals surface area contributed by atoms with Crippen LogP contribution in [0.4, 0.5) is 4.79 Å². The van der Waals surface area contributed by atoms with Crippen LogP contribution in [0.3, 0.4) is 0 Å². The SMILES string of the molecule is O=C(NCCn1ccnc1)N1CCc2ccccc2C1. The second-order valence-electron chi connectivity index (χ2n) is 4.97. The number of benzene rings is 1. The zero-order valence-electron chi connectivity index (χ0n) is 11.3. The number of carbonyl (C=O) groups excluding carboxylic acids is 1. The minimum absolute atomic E-state index is 0.0135. The molecule has 0 saturated carbocycles. The van der Waals surface area contributed by atoms with Crippen molar-refractivity contribution >= 4 is 6.03 Å². The Morgan fingerprint density at radius 1 is 1.30 bits per heavy atom. The molecule has 20 heavy (non-hydrogen) atoms. The average molecular weight is 270 g/mol. The van der Waals surface area contributed by atoms with Gasteiger partial charge >= 0.3 is 6.03 Å². The van der Waals surface area contributed by atoms with Crippen molar-refractivity contribution in [1.82, 2.24) is 19.8 Å². The summed E-state index contributed by atoms with van der Waals surface area (Å²) in [4.78, 5) is 18.0. The molecule has 0 aliphatic carbocycles. The third-order valence-electron chi connectivity index (χ3n) is 3.62. The van der Waals surface area contributed by atoms with Crippen LogP contribution in [0.5, 0.6) is 0 Å². The first-order valence-electron chi connectivity index (χ1n) is 6.88. The van der Waals surface area contributed by atoms with E-state index in [0.717, 1.165) is 19.5 Å². The van der Waals surface area contributed by atoms with Crippen molar-refractivity contribution in [2.75, 3.05) is 13.1 Å². The molecule has 1 N–H and O–H groups in total. The maximum Gasteiger partial charge on any atom is 0.317 e. The lowest BCUT2D eigenvalue weighted by Crippen LogP contribution is -2.43. The van der Waals surface area contributed by atoms with Gasteiger partial charge in [0.25, 0.3) is 0 Å². The number of rotatable bonds is 3. The lowest BCUT2D eigenvalue weighted by molar-refractivity contribution is 0.192. The van der Waals surface area contributed by atoms with E-state index in [-0.39, 0.29) is 6.03 Å². The van der Waals surface area contributed by atoms with Crippen molar-refractivity contribution in [1.29, 1.82) is 0 Å². The number of hydrogen-bond donors (Lipinski definition) is 1. The molecule has 0 unspecified atom stereocenters. The maximum atomic E-state index is 12.1. The van der Waals surface area contributed by atoms with Crippen LogP contribution in [-0.2, 0) is 19.5 Å². The summed E-state index contributed by atoms with van der Waals surface area (Å²) in [6.07, 6.45) is 6.32. The summed E-state index contributed by atoms with van der Waals surface area (Å²) >= 11 is 0. The van der Waals surface area contributed by atoms with Crippen LogP contribution in [0.15, 0.2) is 43.0 Å². The molecule has 1 aromatic heterocycles. The zero-order chi connectivity index (χ0) is 13.8. The number of fused-ring (bicyclic) bond motifs is 1. The maximum absolute atomic E-state index is 12.1. The molecule has 0 saturated heterocycles. The van der Waals surface area contributed by atoms with Crippen molar-refractivity contribution in [2.45, 2.75) is 19.5 Å². The summed E-state index contributed by atoms with van der Waals surface area (Å²) in [7, 11) is 0. The molecule has 1 aliphatic heterocycles. The van der Waals surface area contributed by atoms with Gasteiger partial charge in [0.05, 0.1) is 6.33 Å². The molecule has 1 aromatic carbocycles. The Hall–Kier alpha value is -2.30. The van der Waals surface area contributed by atoms with Crippen LogP contribution in [-0.4, -0.2) is 33.6 Å². The number of carbonyl (C=O) groups is 1. The zero-order valence-corrected chi connectivity index (χ0v) is 11.3. The lowest BCUT2D eigenvalue weighted by atomic mass is 10.0. The molecule has 0 radical (unpaired) electrons. The summed E-state index contributed by atoms with van der Waals surface area (Å²) in [6.45, 7) is 2.85. The van der Waals surface area contributed by atoms with Crippen LogP contribution < -0.4 is 5.32 Å². The van der Waals surface area contributed by atoms with Crippen LogP contribution in [0.25, 0.3) is 0 Å². The molecule has 0 spiro atoms. The predicted octanol–water partition coefficient (Wildman–Crippen LogP) is 1.65. The molecule has 0 fully saturated rings. The highest BCUT2D eigenvalue weighted by Crippen LogP contribution is 2.18. The van der Waals surface area contributed by atoms with E-state index in [4.69, 9.17) is 0 Å². The summed E-state index contributed by atoms with van der Waals surface area (Å²) in [6, 6.07) is 8.34. The van der Waals surface area contributed by atoms with E-state index >= 15 is 0 Å². The van der Waals surface area contributed by atoms with Crippen molar-refractivity contribution in [3.05, 3.63) is 54.1 Å². The van der Waals surface area contributed by atoms with E-state index in [0.29, 0.717) is 13.1 Å². The smallest absolute Gasteiger partial charge is 0.317 e. The van der Waals surface area contributed by atoms with Gasteiger partial charge in [0.1, 0.15) is 0 Å². The van der Waals surface area contributed by atoms with Crippen molar-refractivity contribution in [2.24, 2.45) is 0 Å². The topological polar surface area (TPSA) is 50.2 Å². The molecule has 5 heteroatoms. The Morgan fingerprint density at radius 3 is 2.95 bits per heavy atom. The fraction of sp³-hybridized carbons (Fsp3) is 0.333. The second kappa shape index (κ2) is 5.77. The lowest BCUT2D eigenvalue weighted by Gasteiger charge is -2.29. The van der Waals surface area contributed by atoms with Gasteiger partial charge in [0.2, 0.25) is 0 Å². The van der Waals surface area contributed by atoms with Crippen molar-refractivity contribution in [3.63, 3.8) is 0 Å². The summed E-state index contributed by atoms with van der Waals surface area (Å²) in [5, 5.41) is 2.96. The number of nitrogens with zero attached hydrogens (tertiary/aromatic N) is 3. The Bertz CT molecular complexity index is 579. The fourth-order valence-electron chi connectivity index (χ4n) is 2.49. The molecular weight excluding hydrogens is 252 g/mol. The average Bonchev–Trinajstić information content (AvgIpc) is 3.00. The van der Waals surface area contributed by atoms with Crippen LogP contribution in [0, 0.1) is 0 Å². The van der Waals surface area contributed by atoms with Gasteiger partial charge in [-0.1, -0.05) is 24.3 Å². The summed E-state index contributed by atoms with van der Waals surface area (Å²) < 4.78 is 1.95. The molecule has 3 rings (SSSR count). The van der Waals surface area contributed by atoms with Gasteiger partial charge in [-0.25, -0.2) is 9.78 Å². The van der Waals surface area contributed by atoms with Gasteiger partial charge in [-0.3, -0.25) is 0 Å². The number of hydrogen-bond acceptors (Lipinski definition) is 2. The summed E-state index contributed by atoms with van der Waals surface area (Å²) in [5.41, 5.74) is 2.61. The Balaban J connectivity index is 1.51. The first-order chi connectivity index (χ1) is 9.83. The summed E-state index contributed by atoms with van der Waals surface area (Å²) in [5.74, 6) is 0. The van der Waals surface area contributed by atoms with E-state index in [1.54, 1.807) is 12.5 Å². The molecule has 2 heterocycles. The first-order valence-corrected chi connectivity index (χ1v) is 6.88. The van der Waals surface area contributed by atoms with E-state index in [9.17, 15) is 4.79 Å². The Labute approximate surface area is 118 Å². The highest BCUT2D eigenvalue weighted by molar-refractivity contribution is 5.74. The number of nitrogens with one attached hydrogen (secondary N) is 1. The first kappa shape index (κ1) is 12.7. The van der Waals surface area contributed by atoms with Gasteiger partial charge in [0, 0.05) is 38.6 Å². The van der Waals surface area contributed by atoms with Gasteiger partial charge in [0.15, 0.2) is 0 Å². The molecule has 0 atom stereocenters. The number of amides is 2. The highest BCUT2D eigenvalue weighted by atomic mass is 16.2. The predicted molar refractivity (Wildman–Crippen MR) is 76.2 cm³/mol. The van der Waals surface area contributed by atoms with Gasteiger partial charge in [-0.15, -0.1) is 0 Å². The van der Waals surface area contributed by atoms with Gasteiger partial charge in [-0.2, -0.15) is 0 Å². The fourth-order valence-corrected chi connectivity index (χ4v) is 2.49. The number of aromatic nitrogens is 2. The third kappa shape index (κ3) is 2.82. The minimum Gasteiger partial charge on any atom is -0.336 e. The molecule has 104 valence electrons. The molecule has 5 nitrogen and oxygen atoms in total. The minimum atomic E-state index is 0.0135. The van der Waals surface area contributed by atoms with Gasteiger partial charge in [-0.05, 0) is 17.5 Å². The quantitative estimate of drug-likeness (QED) is 0.922. The van der Waals surface area contributed by atoms with Gasteiger partial charge < -0.3 is 14.8 Å². The van der Waals surface area contributed by atoms with Crippen molar-refractivity contribution < 1.29 is 4.79 Å². The van der Waals surface area contributed by atoms with E-state index in [2.05, 4.69) is 28.5 Å². The third-order valence-corrected chi connectivity index (χ3v) is 3.62. The normalized spacial score (nSPS) is 13.9. The van der Waals surface area contributed by atoms with Crippen LogP contribution in [0.1, 0.15) is 11.1 Å². The van der Waals surface area contributed by atoms with Crippen molar-refractivity contribution in [3.8, 4) is 0 Å². The van der Waals surface area contributed by atoms with E-state index in [1.165, 1.54) is 11.1 Å². The molecule has 2 amide bonds. The highest BCUT2D eigenvalue weighted by Gasteiger charge is 2.19. The largest absolute Gasteiger partial charge is 0.336 e.